The number of rotatable bonds is 4. The third-order valence-corrected chi connectivity index (χ3v) is 2.68. The third-order valence-electron chi connectivity index (χ3n) is 2.68. The average molecular weight is 285 g/mol. The van der Waals surface area contributed by atoms with Crippen molar-refractivity contribution in [1.82, 2.24) is 4.98 Å². The number of ether oxygens (including phenoxy) is 2. The summed E-state index contributed by atoms with van der Waals surface area (Å²) in [5.74, 6) is 0.519. The predicted octanol–water partition coefficient (Wildman–Crippen LogP) is 2.97. The van der Waals surface area contributed by atoms with Crippen LogP contribution in [0.3, 0.4) is 0 Å². The lowest BCUT2D eigenvalue weighted by molar-refractivity contribution is -0.384. The highest BCUT2D eigenvalue weighted by Gasteiger charge is 2.15. The van der Waals surface area contributed by atoms with Crippen LogP contribution in [0.5, 0.6) is 17.4 Å². The molecule has 2 rings (SSSR count). The summed E-state index contributed by atoms with van der Waals surface area (Å²) in [5, 5.41) is 19.9. The Labute approximate surface area is 120 Å². The highest BCUT2D eigenvalue weighted by atomic mass is 16.6. The van der Waals surface area contributed by atoms with Crippen LogP contribution in [0.15, 0.2) is 30.3 Å². The highest BCUT2D eigenvalue weighted by molar-refractivity contribution is 5.51. The van der Waals surface area contributed by atoms with E-state index >= 15 is 0 Å². The van der Waals surface area contributed by atoms with Gasteiger partial charge in [0.2, 0.25) is 5.88 Å². The maximum absolute atomic E-state index is 10.8. The van der Waals surface area contributed by atoms with Crippen LogP contribution in [-0.4, -0.2) is 17.0 Å². The van der Waals surface area contributed by atoms with E-state index in [1.807, 2.05) is 6.07 Å². The fourth-order valence-electron chi connectivity index (χ4n) is 1.66. The van der Waals surface area contributed by atoms with E-state index in [2.05, 4.69) is 4.98 Å². The number of pyridine rings is 1. The van der Waals surface area contributed by atoms with Crippen molar-refractivity contribution in [3.63, 3.8) is 0 Å². The summed E-state index contributed by atoms with van der Waals surface area (Å²) in [6.07, 6.45) is 0. The monoisotopic (exact) mass is 285 g/mol. The lowest BCUT2D eigenvalue weighted by Crippen LogP contribution is -1.97. The highest BCUT2D eigenvalue weighted by Crippen LogP contribution is 2.35. The molecule has 0 aliphatic carbocycles. The van der Waals surface area contributed by atoms with Gasteiger partial charge in [-0.05, 0) is 25.1 Å². The zero-order chi connectivity index (χ0) is 15.4. The van der Waals surface area contributed by atoms with Gasteiger partial charge in [-0.25, -0.2) is 4.98 Å². The minimum absolute atomic E-state index is 0.0799. The van der Waals surface area contributed by atoms with Crippen molar-refractivity contribution < 1.29 is 14.4 Å². The van der Waals surface area contributed by atoms with Crippen molar-refractivity contribution in [1.29, 1.82) is 5.26 Å². The van der Waals surface area contributed by atoms with Crippen LogP contribution in [0.4, 0.5) is 5.69 Å². The maximum Gasteiger partial charge on any atom is 0.273 e. The van der Waals surface area contributed by atoms with Gasteiger partial charge in [-0.1, -0.05) is 0 Å². The van der Waals surface area contributed by atoms with Gasteiger partial charge in [0.25, 0.3) is 5.69 Å². The Hall–Kier alpha value is -3.14. The van der Waals surface area contributed by atoms with Crippen LogP contribution < -0.4 is 9.47 Å². The first-order valence-electron chi connectivity index (χ1n) is 5.93. The van der Waals surface area contributed by atoms with Gasteiger partial charge in [0.15, 0.2) is 11.5 Å². The molecule has 0 radical (unpaired) electrons. The van der Waals surface area contributed by atoms with Gasteiger partial charge in [0.05, 0.1) is 18.1 Å². The molecule has 7 nitrogen and oxygen atoms in total. The first-order chi connectivity index (χ1) is 10.0. The summed E-state index contributed by atoms with van der Waals surface area (Å²) in [7, 11) is 1.42. The second kappa shape index (κ2) is 5.88. The Bertz CT molecular complexity index is 737. The molecule has 21 heavy (non-hydrogen) atoms. The van der Waals surface area contributed by atoms with E-state index in [1.54, 1.807) is 19.1 Å². The number of methoxy groups -OCH3 is 1. The van der Waals surface area contributed by atoms with Crippen molar-refractivity contribution in [2.45, 2.75) is 6.92 Å². The second-order valence-corrected chi connectivity index (χ2v) is 4.11. The van der Waals surface area contributed by atoms with E-state index in [4.69, 9.17) is 14.7 Å². The van der Waals surface area contributed by atoms with E-state index in [0.717, 1.165) is 0 Å². The molecule has 1 aromatic carbocycles. The molecule has 0 saturated carbocycles. The van der Waals surface area contributed by atoms with Gasteiger partial charge in [0.1, 0.15) is 11.6 Å². The van der Waals surface area contributed by atoms with Gasteiger partial charge in [-0.3, -0.25) is 10.1 Å². The summed E-state index contributed by atoms with van der Waals surface area (Å²) >= 11 is 0. The Kier molecular flexibility index (Phi) is 4.00. The smallest absolute Gasteiger partial charge is 0.273 e. The molecule has 0 unspecified atom stereocenters. The largest absolute Gasteiger partial charge is 0.493 e. The standard InChI is InChI=1S/C14H11N3O4/c1-9-3-4-10(8-15)14(16-9)21-13-7-11(17(18)19)5-6-12(13)20-2/h3-7H,1-2H3. The van der Waals surface area contributed by atoms with Crippen LogP contribution >= 0.6 is 0 Å². The number of hydrogen-bond acceptors (Lipinski definition) is 6. The first kappa shape index (κ1) is 14.3. The Balaban J connectivity index is 2.48. The number of hydrogen-bond donors (Lipinski definition) is 0. The quantitative estimate of drug-likeness (QED) is 0.632. The summed E-state index contributed by atoms with van der Waals surface area (Å²) in [6.45, 7) is 1.75. The molecule has 106 valence electrons. The van der Waals surface area contributed by atoms with E-state index < -0.39 is 4.92 Å². The number of benzene rings is 1. The summed E-state index contributed by atoms with van der Waals surface area (Å²) in [6, 6.07) is 9.16. The van der Waals surface area contributed by atoms with Crippen molar-refractivity contribution in [2.75, 3.05) is 7.11 Å². The van der Waals surface area contributed by atoms with Gasteiger partial charge in [-0.2, -0.15) is 5.26 Å². The number of nitrogens with zero attached hydrogens (tertiary/aromatic N) is 3. The molecule has 0 atom stereocenters. The minimum Gasteiger partial charge on any atom is -0.493 e. The fourth-order valence-corrected chi connectivity index (χ4v) is 1.66. The summed E-state index contributed by atoms with van der Waals surface area (Å²) in [5.41, 5.74) is 0.750. The molecular formula is C14H11N3O4. The van der Waals surface area contributed by atoms with E-state index in [9.17, 15) is 10.1 Å². The molecule has 0 aliphatic heterocycles. The van der Waals surface area contributed by atoms with Crippen molar-refractivity contribution >= 4 is 5.69 Å². The average Bonchev–Trinajstić information content (AvgIpc) is 2.47. The Morgan fingerprint density at radius 2 is 2.05 bits per heavy atom. The predicted molar refractivity (Wildman–Crippen MR) is 73.4 cm³/mol. The molecule has 0 spiro atoms. The number of nitro benzene ring substituents is 1. The lowest BCUT2D eigenvalue weighted by atomic mass is 10.2. The van der Waals surface area contributed by atoms with Gasteiger partial charge < -0.3 is 9.47 Å². The maximum atomic E-state index is 10.8. The van der Waals surface area contributed by atoms with E-state index in [1.165, 1.54) is 25.3 Å². The molecule has 0 N–H and O–H groups in total. The van der Waals surface area contributed by atoms with Crippen LogP contribution in [0.2, 0.25) is 0 Å². The number of non-ortho nitro benzene ring substituents is 1. The van der Waals surface area contributed by atoms with Crippen LogP contribution in [0.1, 0.15) is 11.3 Å². The molecule has 2 aromatic rings. The van der Waals surface area contributed by atoms with Gasteiger partial charge >= 0.3 is 0 Å². The normalized spacial score (nSPS) is 9.76. The zero-order valence-corrected chi connectivity index (χ0v) is 11.4. The lowest BCUT2D eigenvalue weighted by Gasteiger charge is -2.10. The van der Waals surface area contributed by atoms with Crippen molar-refractivity contribution in [3.05, 3.63) is 51.7 Å². The Morgan fingerprint density at radius 3 is 2.67 bits per heavy atom. The Morgan fingerprint density at radius 1 is 1.29 bits per heavy atom. The summed E-state index contributed by atoms with van der Waals surface area (Å²) in [4.78, 5) is 14.4. The molecule has 0 saturated heterocycles. The molecule has 1 aromatic heterocycles. The molecule has 1 heterocycles. The van der Waals surface area contributed by atoms with Crippen molar-refractivity contribution in [2.24, 2.45) is 0 Å². The molecule has 0 bridgehead atoms. The van der Waals surface area contributed by atoms with Gasteiger partial charge in [-0.15, -0.1) is 0 Å². The van der Waals surface area contributed by atoms with E-state index in [-0.39, 0.29) is 22.9 Å². The molecule has 0 amide bonds. The fraction of sp³-hybridized carbons (Fsp3) is 0.143. The molecular weight excluding hydrogens is 274 g/mol. The van der Waals surface area contributed by atoms with E-state index in [0.29, 0.717) is 11.4 Å². The molecule has 7 heteroatoms. The van der Waals surface area contributed by atoms with Crippen LogP contribution in [0, 0.1) is 28.4 Å². The SMILES string of the molecule is COc1ccc([N+](=O)[O-])cc1Oc1nc(C)ccc1C#N. The number of aryl methyl sites for hydroxylation is 1. The number of nitriles is 1. The number of aromatic nitrogens is 1. The molecule has 0 aliphatic rings. The third kappa shape index (κ3) is 3.06. The summed E-state index contributed by atoms with van der Waals surface area (Å²) < 4.78 is 10.6. The van der Waals surface area contributed by atoms with Crippen LogP contribution in [-0.2, 0) is 0 Å². The first-order valence-corrected chi connectivity index (χ1v) is 5.93. The second-order valence-electron chi connectivity index (χ2n) is 4.11. The number of nitro groups is 1. The van der Waals surface area contributed by atoms with Crippen LogP contribution in [0.25, 0.3) is 0 Å². The minimum atomic E-state index is -0.540. The van der Waals surface area contributed by atoms with Crippen molar-refractivity contribution in [3.8, 4) is 23.4 Å². The van der Waals surface area contributed by atoms with Gasteiger partial charge in [0, 0.05) is 11.8 Å². The topological polar surface area (TPSA) is 98.3 Å². The molecule has 0 fully saturated rings. The zero-order valence-electron chi connectivity index (χ0n) is 11.4.